The van der Waals surface area contributed by atoms with E-state index in [0.717, 1.165) is 0 Å². The van der Waals surface area contributed by atoms with Gasteiger partial charge in [-0.3, -0.25) is 4.79 Å². The number of anilines is 1. The largest absolute Gasteiger partial charge is 0.452 e. The van der Waals surface area contributed by atoms with Crippen molar-refractivity contribution in [2.45, 2.75) is 4.90 Å². The number of benzene rings is 2. The summed E-state index contributed by atoms with van der Waals surface area (Å²) in [5.41, 5.74) is 0.803. The van der Waals surface area contributed by atoms with Crippen LogP contribution in [0.25, 0.3) is 5.69 Å². The standard InChI is InChI=1S/C22H17N5O5S/c1-2-12-25-33(30,31)19-10-8-16(9-11-19)22(29)32-15-20(28)26-21-17(13-23)14-24-27(21)18-6-4-3-5-7-18/h1,3-11,14,25H,12,15H2,(H,26,28). The predicted molar refractivity (Wildman–Crippen MR) is 118 cm³/mol. The Balaban J connectivity index is 1.64. The molecular weight excluding hydrogens is 446 g/mol. The minimum absolute atomic E-state index is 0.0470. The van der Waals surface area contributed by atoms with Gasteiger partial charge in [-0.2, -0.15) is 15.1 Å². The summed E-state index contributed by atoms with van der Waals surface area (Å²) in [6.45, 7) is -0.800. The Labute approximate surface area is 189 Å². The molecule has 1 heterocycles. The second-order valence-corrected chi connectivity index (χ2v) is 8.21. The smallest absolute Gasteiger partial charge is 0.338 e. The number of hydrogen-bond donors (Lipinski definition) is 2. The van der Waals surface area contributed by atoms with Gasteiger partial charge in [0.05, 0.1) is 28.9 Å². The van der Waals surface area contributed by atoms with Crippen molar-refractivity contribution in [2.24, 2.45) is 0 Å². The maximum atomic E-state index is 12.3. The van der Waals surface area contributed by atoms with Crippen molar-refractivity contribution in [1.82, 2.24) is 14.5 Å². The maximum absolute atomic E-state index is 12.3. The molecule has 0 fully saturated rings. The minimum atomic E-state index is -3.80. The zero-order chi connectivity index (χ0) is 23.8. The molecule has 0 atom stereocenters. The number of carbonyl (C=O) groups excluding carboxylic acids is 2. The topological polar surface area (TPSA) is 143 Å². The molecular formula is C22H17N5O5S. The van der Waals surface area contributed by atoms with Crippen LogP contribution in [0.5, 0.6) is 0 Å². The van der Waals surface area contributed by atoms with Gasteiger partial charge in [0, 0.05) is 0 Å². The van der Waals surface area contributed by atoms with Gasteiger partial charge in [-0.05, 0) is 36.4 Å². The Morgan fingerprint density at radius 2 is 1.82 bits per heavy atom. The third-order valence-corrected chi connectivity index (χ3v) is 5.66. The number of nitrogens with one attached hydrogen (secondary N) is 2. The highest BCUT2D eigenvalue weighted by atomic mass is 32.2. The van der Waals surface area contributed by atoms with Crippen LogP contribution in [0.4, 0.5) is 5.82 Å². The average molecular weight is 463 g/mol. The van der Waals surface area contributed by atoms with E-state index in [9.17, 15) is 23.3 Å². The van der Waals surface area contributed by atoms with E-state index in [4.69, 9.17) is 11.2 Å². The number of nitriles is 1. The Hall–Kier alpha value is -4.45. The molecule has 0 spiro atoms. The summed E-state index contributed by atoms with van der Waals surface area (Å²) in [5, 5.41) is 15.9. The molecule has 0 saturated heterocycles. The van der Waals surface area contributed by atoms with Crippen molar-refractivity contribution in [3.05, 3.63) is 71.9 Å². The molecule has 0 aliphatic heterocycles. The van der Waals surface area contributed by atoms with Crippen LogP contribution >= 0.6 is 0 Å². The molecule has 33 heavy (non-hydrogen) atoms. The van der Waals surface area contributed by atoms with Gasteiger partial charge in [0.2, 0.25) is 10.0 Å². The lowest BCUT2D eigenvalue weighted by Crippen LogP contribution is -2.24. The highest BCUT2D eigenvalue weighted by molar-refractivity contribution is 7.89. The van der Waals surface area contributed by atoms with Gasteiger partial charge in [0.25, 0.3) is 5.91 Å². The number of amides is 1. The average Bonchev–Trinajstić information content (AvgIpc) is 3.24. The molecule has 11 heteroatoms. The van der Waals surface area contributed by atoms with Crippen LogP contribution in [-0.2, 0) is 19.6 Å². The Bertz CT molecular complexity index is 1350. The molecule has 1 aromatic heterocycles. The van der Waals surface area contributed by atoms with Crippen molar-refractivity contribution in [3.63, 3.8) is 0 Å². The second-order valence-electron chi connectivity index (χ2n) is 6.44. The summed E-state index contributed by atoms with van der Waals surface area (Å²) in [4.78, 5) is 24.5. The Kier molecular flexibility index (Phi) is 7.20. The third-order valence-electron chi connectivity index (χ3n) is 4.25. The quantitative estimate of drug-likeness (QED) is 0.380. The number of rotatable bonds is 8. The van der Waals surface area contributed by atoms with Gasteiger partial charge in [0.1, 0.15) is 11.6 Å². The van der Waals surface area contributed by atoms with Gasteiger partial charge in [0.15, 0.2) is 12.4 Å². The number of terminal acetylenes is 1. The molecule has 1 amide bonds. The first-order chi connectivity index (χ1) is 15.9. The molecule has 166 valence electrons. The highest BCUT2D eigenvalue weighted by Crippen LogP contribution is 2.19. The van der Waals surface area contributed by atoms with Gasteiger partial charge < -0.3 is 10.1 Å². The van der Waals surface area contributed by atoms with E-state index in [1.807, 2.05) is 12.1 Å². The number of carbonyl (C=O) groups is 2. The molecule has 3 rings (SSSR count). The van der Waals surface area contributed by atoms with Gasteiger partial charge in [-0.15, -0.1) is 6.42 Å². The number of hydrogen-bond acceptors (Lipinski definition) is 7. The molecule has 3 aromatic rings. The Morgan fingerprint density at radius 3 is 2.45 bits per heavy atom. The van der Waals surface area contributed by atoms with E-state index in [-0.39, 0.29) is 28.4 Å². The molecule has 2 N–H and O–H groups in total. The van der Waals surface area contributed by atoms with E-state index in [2.05, 4.69) is 21.1 Å². The summed E-state index contributed by atoms with van der Waals surface area (Å²) < 4.78 is 32.6. The Morgan fingerprint density at radius 1 is 1.12 bits per heavy atom. The summed E-state index contributed by atoms with van der Waals surface area (Å²) in [6.07, 6.45) is 6.35. The summed E-state index contributed by atoms with van der Waals surface area (Å²) in [6, 6.07) is 15.7. The first-order valence-corrected chi connectivity index (χ1v) is 10.9. The first-order valence-electron chi connectivity index (χ1n) is 9.39. The fourth-order valence-electron chi connectivity index (χ4n) is 2.69. The van der Waals surface area contributed by atoms with Crippen molar-refractivity contribution in [3.8, 4) is 24.1 Å². The van der Waals surface area contributed by atoms with Crippen LogP contribution in [0.15, 0.2) is 65.7 Å². The lowest BCUT2D eigenvalue weighted by atomic mass is 10.2. The lowest BCUT2D eigenvalue weighted by Gasteiger charge is -2.10. The zero-order valence-corrected chi connectivity index (χ0v) is 17.9. The highest BCUT2D eigenvalue weighted by Gasteiger charge is 2.18. The number of esters is 1. The van der Waals surface area contributed by atoms with Crippen LogP contribution in [-0.4, -0.2) is 43.2 Å². The van der Waals surface area contributed by atoms with E-state index in [1.165, 1.54) is 35.1 Å². The van der Waals surface area contributed by atoms with Crippen LogP contribution in [0, 0.1) is 23.7 Å². The number of aromatic nitrogens is 2. The molecule has 0 aliphatic rings. The van der Waals surface area contributed by atoms with E-state index in [0.29, 0.717) is 5.69 Å². The molecule has 0 radical (unpaired) electrons. The predicted octanol–water partition coefficient (Wildman–Crippen LogP) is 1.45. The SMILES string of the molecule is C#CCNS(=O)(=O)c1ccc(C(=O)OCC(=O)Nc2c(C#N)cnn2-c2ccccc2)cc1. The zero-order valence-electron chi connectivity index (χ0n) is 17.1. The van der Waals surface area contributed by atoms with Crippen LogP contribution in [0.2, 0.25) is 0 Å². The van der Waals surface area contributed by atoms with E-state index < -0.39 is 28.5 Å². The van der Waals surface area contributed by atoms with Crippen LogP contribution < -0.4 is 10.0 Å². The first kappa shape index (κ1) is 23.2. The summed E-state index contributed by atoms with van der Waals surface area (Å²) >= 11 is 0. The van der Waals surface area contributed by atoms with Gasteiger partial charge in [-0.1, -0.05) is 24.1 Å². The molecule has 10 nitrogen and oxygen atoms in total. The fourth-order valence-corrected chi connectivity index (χ4v) is 3.62. The molecule has 0 saturated carbocycles. The number of nitrogens with zero attached hydrogens (tertiary/aromatic N) is 3. The minimum Gasteiger partial charge on any atom is -0.452 e. The van der Waals surface area contributed by atoms with Crippen molar-refractivity contribution < 1.29 is 22.7 Å². The fraction of sp³-hybridized carbons (Fsp3) is 0.0909. The van der Waals surface area contributed by atoms with Crippen molar-refractivity contribution in [1.29, 1.82) is 5.26 Å². The van der Waals surface area contributed by atoms with Crippen LogP contribution in [0.3, 0.4) is 0 Å². The molecule has 0 aliphatic carbocycles. The molecule has 0 bridgehead atoms. The maximum Gasteiger partial charge on any atom is 0.338 e. The number of sulfonamides is 1. The van der Waals surface area contributed by atoms with Gasteiger partial charge >= 0.3 is 5.97 Å². The summed E-state index contributed by atoms with van der Waals surface area (Å²) in [5.74, 6) is 0.782. The summed E-state index contributed by atoms with van der Waals surface area (Å²) in [7, 11) is -3.80. The third kappa shape index (κ3) is 5.62. The van der Waals surface area contributed by atoms with Gasteiger partial charge in [-0.25, -0.2) is 17.9 Å². The van der Waals surface area contributed by atoms with Crippen molar-refractivity contribution in [2.75, 3.05) is 18.5 Å². The monoisotopic (exact) mass is 463 g/mol. The van der Waals surface area contributed by atoms with Crippen molar-refractivity contribution >= 4 is 27.7 Å². The van der Waals surface area contributed by atoms with E-state index in [1.54, 1.807) is 24.3 Å². The lowest BCUT2D eigenvalue weighted by molar-refractivity contribution is -0.119. The normalized spacial score (nSPS) is 10.6. The molecule has 0 unspecified atom stereocenters. The van der Waals surface area contributed by atoms with Crippen LogP contribution in [0.1, 0.15) is 15.9 Å². The number of para-hydroxylation sites is 1. The molecule has 2 aromatic carbocycles. The van der Waals surface area contributed by atoms with E-state index >= 15 is 0 Å². The number of ether oxygens (including phenoxy) is 1. The second kappa shape index (κ2) is 10.2.